The molecule has 2 aromatic heterocycles. The smallest absolute Gasteiger partial charge is 0.247 e. The maximum Gasteiger partial charge on any atom is 0.247 e. The second-order valence-corrected chi connectivity index (χ2v) is 9.56. The molecule has 1 unspecified atom stereocenters. The summed E-state index contributed by atoms with van der Waals surface area (Å²) in [7, 11) is 0. The van der Waals surface area contributed by atoms with Crippen molar-refractivity contribution in [2.45, 2.75) is 58.0 Å². The largest absolute Gasteiger partial charge is 0.366 e. The zero-order valence-electron chi connectivity index (χ0n) is 19.8. The predicted octanol–water partition coefficient (Wildman–Crippen LogP) is 4.66. The molecule has 33 heavy (non-hydrogen) atoms. The third-order valence-corrected chi connectivity index (χ3v) is 6.01. The number of carbonyl (C=O) groups is 1. The first-order valence-electron chi connectivity index (χ1n) is 11.4. The van der Waals surface area contributed by atoms with Gasteiger partial charge in [-0.25, -0.2) is 4.98 Å². The van der Waals surface area contributed by atoms with Gasteiger partial charge in [0.2, 0.25) is 5.91 Å². The summed E-state index contributed by atoms with van der Waals surface area (Å²) in [6.45, 7) is 13.2. The Morgan fingerprint density at radius 1 is 1.30 bits per heavy atom. The van der Waals surface area contributed by atoms with Crippen molar-refractivity contribution in [3.63, 3.8) is 0 Å². The summed E-state index contributed by atoms with van der Waals surface area (Å²) in [4.78, 5) is 16.6. The monoisotopic (exact) mass is 447 g/mol. The molecule has 0 saturated carbocycles. The second-order valence-electron chi connectivity index (χ2n) is 9.56. The summed E-state index contributed by atoms with van der Waals surface area (Å²) in [5, 5.41) is 18.1. The van der Waals surface area contributed by atoms with Gasteiger partial charge in [-0.05, 0) is 56.9 Å². The number of nitrogens with zero attached hydrogens (tertiary/aromatic N) is 3. The lowest BCUT2D eigenvalue weighted by atomic mass is 9.91. The minimum absolute atomic E-state index is 0.171. The summed E-state index contributed by atoms with van der Waals surface area (Å²) < 4.78 is 1.83. The molecule has 0 spiro atoms. The lowest BCUT2D eigenvalue weighted by molar-refractivity contribution is -0.111. The van der Waals surface area contributed by atoms with Crippen molar-refractivity contribution in [1.82, 2.24) is 19.9 Å². The molecular weight excluding hydrogens is 414 g/mol. The maximum atomic E-state index is 11.7. The fourth-order valence-corrected chi connectivity index (χ4v) is 4.02. The van der Waals surface area contributed by atoms with Crippen molar-refractivity contribution < 1.29 is 4.79 Å². The Bertz CT molecular complexity index is 1150. The number of rotatable bonds is 7. The van der Waals surface area contributed by atoms with E-state index in [9.17, 15) is 4.79 Å². The molecule has 1 aromatic carbocycles. The topological polar surface area (TPSA) is 95.4 Å². The van der Waals surface area contributed by atoms with Crippen LogP contribution in [0.1, 0.15) is 52.0 Å². The number of fused-ring (bicyclic) bond motifs is 1. The number of hydrogen-bond donors (Lipinski definition) is 4. The molecule has 1 fully saturated rings. The Hall–Kier alpha value is -3.39. The summed E-state index contributed by atoms with van der Waals surface area (Å²) in [6.07, 6.45) is 5.32. The molecule has 0 bridgehead atoms. The molecule has 4 rings (SSSR count). The van der Waals surface area contributed by atoms with Gasteiger partial charge in [0.1, 0.15) is 11.6 Å². The van der Waals surface area contributed by atoms with Crippen molar-refractivity contribution in [2.24, 2.45) is 0 Å². The first kappa shape index (κ1) is 22.8. The first-order valence-corrected chi connectivity index (χ1v) is 11.4. The fourth-order valence-electron chi connectivity index (χ4n) is 4.02. The van der Waals surface area contributed by atoms with E-state index in [1.807, 2.05) is 41.0 Å². The van der Waals surface area contributed by atoms with Crippen LogP contribution in [0.15, 0.2) is 49.2 Å². The third-order valence-electron chi connectivity index (χ3n) is 6.01. The molecule has 1 atom stereocenters. The van der Waals surface area contributed by atoms with E-state index >= 15 is 0 Å². The van der Waals surface area contributed by atoms with Gasteiger partial charge < -0.3 is 21.3 Å². The van der Waals surface area contributed by atoms with Crippen molar-refractivity contribution in [2.75, 3.05) is 22.5 Å². The Balaban J connectivity index is 1.65. The number of piperidine rings is 1. The van der Waals surface area contributed by atoms with E-state index in [0.29, 0.717) is 17.6 Å². The van der Waals surface area contributed by atoms with E-state index in [2.05, 4.69) is 60.6 Å². The highest BCUT2D eigenvalue weighted by atomic mass is 16.1. The van der Waals surface area contributed by atoms with Crippen molar-refractivity contribution in [3.05, 3.63) is 54.7 Å². The second kappa shape index (κ2) is 9.23. The van der Waals surface area contributed by atoms with Gasteiger partial charge in [0.25, 0.3) is 0 Å². The Labute approximate surface area is 194 Å². The molecule has 3 aromatic rings. The van der Waals surface area contributed by atoms with Gasteiger partial charge in [0, 0.05) is 41.1 Å². The average Bonchev–Trinajstić information content (AvgIpc) is 3.20. The zero-order valence-corrected chi connectivity index (χ0v) is 19.8. The number of nitrogens with one attached hydrogen (secondary N) is 4. The van der Waals surface area contributed by atoms with E-state index < -0.39 is 0 Å². The summed E-state index contributed by atoms with van der Waals surface area (Å²) >= 11 is 0. The number of aromatic nitrogens is 3. The highest BCUT2D eigenvalue weighted by Crippen LogP contribution is 2.28. The average molecular weight is 448 g/mol. The van der Waals surface area contributed by atoms with Crippen molar-refractivity contribution >= 4 is 34.6 Å². The SMILES string of the molecule is C=CC(=O)Nc1cccc(Nc2cc(NC3CCC(C)(C)NC3)nc3c(C(C)C)cnn23)c1. The fraction of sp³-hybridized carbons (Fsp3) is 0.400. The number of benzene rings is 1. The Kier molecular flexibility index (Phi) is 6.37. The van der Waals surface area contributed by atoms with Gasteiger partial charge in [-0.2, -0.15) is 9.61 Å². The summed E-state index contributed by atoms with van der Waals surface area (Å²) in [5.74, 6) is 1.66. The highest BCUT2D eigenvalue weighted by Gasteiger charge is 2.26. The number of amides is 1. The van der Waals surface area contributed by atoms with Gasteiger partial charge in [-0.1, -0.05) is 26.5 Å². The highest BCUT2D eigenvalue weighted by molar-refractivity contribution is 5.99. The Morgan fingerprint density at radius 3 is 2.79 bits per heavy atom. The molecule has 174 valence electrons. The van der Waals surface area contributed by atoms with E-state index in [-0.39, 0.29) is 11.4 Å². The molecule has 8 nitrogen and oxygen atoms in total. The van der Waals surface area contributed by atoms with Crippen LogP contribution in [0.2, 0.25) is 0 Å². The summed E-state index contributed by atoms with van der Waals surface area (Å²) in [5.41, 5.74) is 3.62. The third kappa shape index (κ3) is 5.34. The molecule has 1 aliphatic rings. The molecule has 8 heteroatoms. The van der Waals surface area contributed by atoms with Crippen LogP contribution in [0.3, 0.4) is 0 Å². The molecule has 1 aliphatic heterocycles. The first-order chi connectivity index (χ1) is 15.7. The molecule has 4 N–H and O–H groups in total. The normalized spacial score (nSPS) is 17.7. The predicted molar refractivity (Wildman–Crippen MR) is 134 cm³/mol. The van der Waals surface area contributed by atoms with E-state index in [4.69, 9.17) is 4.98 Å². The number of hydrogen-bond acceptors (Lipinski definition) is 6. The number of carbonyl (C=O) groups excluding carboxylic acids is 1. The van der Waals surface area contributed by atoms with Crippen LogP contribution < -0.4 is 21.3 Å². The van der Waals surface area contributed by atoms with Gasteiger partial charge in [0.15, 0.2) is 5.65 Å². The minimum Gasteiger partial charge on any atom is -0.366 e. The molecule has 1 amide bonds. The maximum absolute atomic E-state index is 11.7. The van der Waals surface area contributed by atoms with Crippen LogP contribution in [0.25, 0.3) is 5.65 Å². The number of anilines is 4. The van der Waals surface area contributed by atoms with Gasteiger partial charge in [0.05, 0.1) is 6.20 Å². The van der Waals surface area contributed by atoms with Gasteiger partial charge >= 0.3 is 0 Å². The molecule has 0 radical (unpaired) electrons. The van der Waals surface area contributed by atoms with Crippen molar-refractivity contribution in [3.8, 4) is 0 Å². The molecule has 3 heterocycles. The lowest BCUT2D eigenvalue weighted by Gasteiger charge is -2.36. The van der Waals surface area contributed by atoms with Crippen LogP contribution in [0, 0.1) is 0 Å². The van der Waals surface area contributed by atoms with Crippen LogP contribution in [0.4, 0.5) is 23.0 Å². The standard InChI is InChI=1S/C25H33N7O/c1-6-23(33)30-18-9-7-8-17(12-18)29-22-13-21(28-19-10-11-25(4,5)26-14-19)31-24-20(16(2)3)15-27-32(22)24/h6-9,12-13,15-16,19,26,29H,1,10-11,14H2,2-5H3,(H,28,31)(H,30,33). The van der Waals surface area contributed by atoms with Crippen LogP contribution in [-0.4, -0.2) is 38.6 Å². The van der Waals surface area contributed by atoms with Crippen LogP contribution >= 0.6 is 0 Å². The molecular formula is C25H33N7O. The quantitative estimate of drug-likeness (QED) is 0.394. The van der Waals surface area contributed by atoms with E-state index in [1.165, 1.54) is 6.08 Å². The molecule has 1 saturated heterocycles. The van der Waals surface area contributed by atoms with Crippen LogP contribution in [-0.2, 0) is 4.79 Å². The minimum atomic E-state index is -0.247. The summed E-state index contributed by atoms with van der Waals surface area (Å²) in [6, 6.07) is 9.84. The van der Waals surface area contributed by atoms with E-state index in [1.54, 1.807) is 0 Å². The van der Waals surface area contributed by atoms with E-state index in [0.717, 1.165) is 47.9 Å². The van der Waals surface area contributed by atoms with Crippen molar-refractivity contribution in [1.29, 1.82) is 0 Å². The van der Waals surface area contributed by atoms with Gasteiger partial charge in [-0.15, -0.1) is 0 Å². The van der Waals surface area contributed by atoms with Gasteiger partial charge in [-0.3, -0.25) is 4.79 Å². The zero-order chi connectivity index (χ0) is 23.6. The Morgan fingerprint density at radius 2 is 2.09 bits per heavy atom. The molecule has 0 aliphatic carbocycles. The van der Waals surface area contributed by atoms with Crippen LogP contribution in [0.5, 0.6) is 0 Å². The lowest BCUT2D eigenvalue weighted by Crippen LogP contribution is -2.50.